The third kappa shape index (κ3) is 6.28. The molecule has 1 heterocycles. The third-order valence-corrected chi connectivity index (χ3v) is 7.70. The fraction of sp³-hybridized carbons (Fsp3) is 0.448. The van der Waals surface area contributed by atoms with E-state index in [2.05, 4.69) is 35.2 Å². The van der Waals surface area contributed by atoms with E-state index in [1.165, 1.54) is 12.1 Å². The van der Waals surface area contributed by atoms with E-state index in [0.717, 1.165) is 24.8 Å². The summed E-state index contributed by atoms with van der Waals surface area (Å²) >= 11 is 6.15. The predicted octanol–water partition coefficient (Wildman–Crippen LogP) is 4.14. The van der Waals surface area contributed by atoms with E-state index in [4.69, 9.17) is 22.3 Å². The van der Waals surface area contributed by atoms with Gasteiger partial charge < -0.3 is 16.0 Å². The highest BCUT2D eigenvalue weighted by Gasteiger charge is 2.53. The van der Waals surface area contributed by atoms with Crippen LogP contribution in [0.4, 0.5) is 4.39 Å². The summed E-state index contributed by atoms with van der Waals surface area (Å²) in [7, 11) is 1.65. The van der Waals surface area contributed by atoms with Crippen molar-refractivity contribution in [2.75, 3.05) is 13.6 Å². The number of hydrazine groups is 1. The SMILES string of the molecule is CCC(c1ccc(C(=O)NCC(N)=NNNC)cc1)N1C(=O)C(c2cc(F)cc(Cl)c2)=NC12CC(C)CC(C)C2. The molecule has 0 radical (unpaired) electrons. The van der Waals surface area contributed by atoms with E-state index in [1.807, 2.05) is 24.0 Å². The van der Waals surface area contributed by atoms with Crippen LogP contribution in [0.15, 0.2) is 52.6 Å². The summed E-state index contributed by atoms with van der Waals surface area (Å²) in [6, 6.07) is 11.1. The molecule has 2 aromatic carbocycles. The lowest BCUT2D eigenvalue weighted by Crippen LogP contribution is -2.52. The maximum atomic E-state index is 14.3. The van der Waals surface area contributed by atoms with Gasteiger partial charge in [0.25, 0.3) is 11.8 Å². The van der Waals surface area contributed by atoms with Crippen LogP contribution >= 0.6 is 11.6 Å². The zero-order chi connectivity index (χ0) is 29.0. The number of hydrogen-bond acceptors (Lipinski definition) is 6. The maximum Gasteiger partial charge on any atom is 0.275 e. The molecular formula is C29H37ClFN7O2. The first kappa shape index (κ1) is 29.5. The van der Waals surface area contributed by atoms with Crippen molar-refractivity contribution < 1.29 is 14.0 Å². The molecule has 4 rings (SSSR count). The summed E-state index contributed by atoms with van der Waals surface area (Å²) in [5, 5.41) is 6.79. The molecule has 214 valence electrons. The van der Waals surface area contributed by atoms with E-state index in [1.54, 1.807) is 25.2 Å². The first-order chi connectivity index (χ1) is 19.1. The zero-order valence-electron chi connectivity index (χ0n) is 23.3. The second-order valence-corrected chi connectivity index (χ2v) is 11.3. The van der Waals surface area contributed by atoms with Gasteiger partial charge >= 0.3 is 0 Å². The minimum atomic E-state index is -0.739. The molecule has 1 fully saturated rings. The quantitative estimate of drug-likeness (QED) is 0.205. The molecule has 0 saturated heterocycles. The smallest absolute Gasteiger partial charge is 0.275 e. The average molecular weight is 570 g/mol. The lowest BCUT2D eigenvalue weighted by molar-refractivity contribution is -0.134. The number of amides is 2. The van der Waals surface area contributed by atoms with E-state index in [0.29, 0.717) is 29.4 Å². The van der Waals surface area contributed by atoms with Crippen molar-refractivity contribution >= 4 is 35.0 Å². The molecule has 40 heavy (non-hydrogen) atoms. The molecule has 1 aliphatic carbocycles. The number of amidine groups is 1. The summed E-state index contributed by atoms with van der Waals surface area (Å²) in [5.41, 5.74) is 12.1. The van der Waals surface area contributed by atoms with Crippen LogP contribution in [0, 0.1) is 17.7 Å². The number of rotatable bonds is 9. The number of nitrogens with zero attached hydrogens (tertiary/aromatic N) is 3. The Kier molecular flexibility index (Phi) is 9.10. The van der Waals surface area contributed by atoms with Crippen molar-refractivity contribution in [2.45, 2.75) is 58.2 Å². The van der Waals surface area contributed by atoms with E-state index in [-0.39, 0.29) is 41.0 Å². The fourth-order valence-electron chi connectivity index (χ4n) is 6.13. The lowest BCUT2D eigenvalue weighted by Gasteiger charge is -2.47. The molecule has 3 unspecified atom stereocenters. The largest absolute Gasteiger partial charge is 0.384 e. The van der Waals surface area contributed by atoms with Crippen molar-refractivity contribution in [1.29, 1.82) is 0 Å². The van der Waals surface area contributed by atoms with Crippen LogP contribution in [-0.4, -0.2) is 47.5 Å². The van der Waals surface area contributed by atoms with E-state index in [9.17, 15) is 14.0 Å². The topological polar surface area (TPSA) is 124 Å². The lowest BCUT2D eigenvalue weighted by atomic mass is 9.75. The Morgan fingerprint density at radius 3 is 2.50 bits per heavy atom. The molecule has 11 heteroatoms. The van der Waals surface area contributed by atoms with Crippen molar-refractivity contribution in [2.24, 2.45) is 27.7 Å². The number of aliphatic imine (C=N–C) groups is 1. The molecule has 2 amide bonds. The van der Waals surface area contributed by atoms with Gasteiger partial charge in [-0.3, -0.25) is 14.6 Å². The highest BCUT2D eigenvalue weighted by Crippen LogP contribution is 2.48. The summed E-state index contributed by atoms with van der Waals surface area (Å²) in [5.74, 6) is -0.0964. The van der Waals surface area contributed by atoms with Crippen molar-refractivity contribution in [3.63, 3.8) is 0 Å². The normalized spacial score (nSPS) is 23.8. The van der Waals surface area contributed by atoms with E-state index >= 15 is 0 Å². The number of nitrogens with two attached hydrogens (primary N) is 1. The average Bonchev–Trinajstić information content (AvgIpc) is 3.16. The number of carbonyl (C=O) groups is 2. The van der Waals surface area contributed by atoms with Crippen molar-refractivity contribution in [3.05, 3.63) is 70.0 Å². The van der Waals surface area contributed by atoms with Gasteiger partial charge in [0, 0.05) is 23.2 Å². The Morgan fingerprint density at radius 1 is 1.23 bits per heavy atom. The van der Waals surface area contributed by atoms with Crippen LogP contribution in [0.2, 0.25) is 5.02 Å². The molecule has 9 nitrogen and oxygen atoms in total. The molecule has 1 spiro atoms. The Hall–Kier alpha value is -3.50. The van der Waals surface area contributed by atoms with Gasteiger partial charge in [0.15, 0.2) is 0 Å². The Labute approximate surface area is 239 Å². The minimum absolute atomic E-state index is 0.0816. The van der Waals surface area contributed by atoms with Gasteiger partial charge in [0.1, 0.15) is 23.0 Å². The van der Waals surface area contributed by atoms with Crippen LogP contribution in [0.3, 0.4) is 0 Å². The second-order valence-electron chi connectivity index (χ2n) is 10.8. The van der Waals surface area contributed by atoms with Crippen LogP contribution in [-0.2, 0) is 4.79 Å². The van der Waals surface area contributed by atoms with Gasteiger partial charge in [-0.1, -0.05) is 44.5 Å². The molecule has 0 bridgehead atoms. The number of carbonyl (C=O) groups excluding carboxylic acids is 2. The van der Waals surface area contributed by atoms with Gasteiger partial charge in [-0.25, -0.2) is 15.4 Å². The van der Waals surface area contributed by atoms with Crippen molar-refractivity contribution in [3.8, 4) is 0 Å². The minimum Gasteiger partial charge on any atom is -0.384 e. The molecule has 2 aromatic rings. The highest BCUT2D eigenvalue weighted by molar-refractivity contribution is 6.47. The van der Waals surface area contributed by atoms with Gasteiger partial charge in [0.2, 0.25) is 0 Å². The summed E-state index contributed by atoms with van der Waals surface area (Å²) in [6.07, 6.45) is 3.14. The number of nitrogens with one attached hydrogen (secondary N) is 3. The maximum absolute atomic E-state index is 14.3. The molecular weight excluding hydrogens is 533 g/mol. The molecule has 1 aliphatic heterocycles. The molecule has 0 aromatic heterocycles. The number of benzene rings is 2. The molecule has 1 saturated carbocycles. The fourth-order valence-corrected chi connectivity index (χ4v) is 6.35. The number of hydrogen-bond donors (Lipinski definition) is 4. The molecule has 3 atom stereocenters. The van der Waals surface area contributed by atoms with Crippen LogP contribution in [0.1, 0.15) is 74.0 Å². The number of halogens is 2. The molecule has 5 N–H and O–H groups in total. The Balaban J connectivity index is 1.64. The standard InChI is InChI=1S/C29H37ClFN7O2/c1-5-24(19-6-8-20(9-7-19)27(39)34-16-25(32)36-37-33-4)38-28(40)26(21-11-22(30)13-23(31)12-21)35-29(38)14-17(2)10-18(3)15-29/h6-9,11-13,17-18,24,33,37H,5,10,14-16H2,1-4H3,(H2,32,36)(H,34,39). The zero-order valence-corrected chi connectivity index (χ0v) is 24.1. The van der Waals surface area contributed by atoms with Crippen LogP contribution in [0.25, 0.3) is 0 Å². The first-order valence-electron chi connectivity index (χ1n) is 13.6. The van der Waals surface area contributed by atoms with Crippen LogP contribution < -0.4 is 22.0 Å². The van der Waals surface area contributed by atoms with E-state index < -0.39 is 11.5 Å². The third-order valence-electron chi connectivity index (χ3n) is 7.48. The second kappa shape index (κ2) is 12.3. The summed E-state index contributed by atoms with van der Waals surface area (Å²) < 4.78 is 14.3. The van der Waals surface area contributed by atoms with Gasteiger partial charge in [0.05, 0.1) is 12.6 Å². The van der Waals surface area contributed by atoms with Gasteiger partial charge in [-0.05, 0) is 73.4 Å². The first-order valence-corrected chi connectivity index (χ1v) is 14.0. The summed E-state index contributed by atoms with van der Waals surface area (Å²) in [6.45, 7) is 6.49. The Morgan fingerprint density at radius 2 is 1.90 bits per heavy atom. The van der Waals surface area contributed by atoms with Gasteiger partial charge in [-0.2, -0.15) is 0 Å². The predicted molar refractivity (Wildman–Crippen MR) is 155 cm³/mol. The Bertz CT molecular complexity index is 1280. The van der Waals surface area contributed by atoms with Gasteiger partial charge in [-0.15, -0.1) is 5.10 Å². The highest BCUT2D eigenvalue weighted by atomic mass is 35.5. The monoisotopic (exact) mass is 569 g/mol. The summed E-state index contributed by atoms with van der Waals surface area (Å²) in [4.78, 5) is 33.8. The van der Waals surface area contributed by atoms with Crippen LogP contribution in [0.5, 0.6) is 0 Å². The molecule has 2 aliphatic rings. The number of hydrazone groups is 1. The van der Waals surface area contributed by atoms with Crippen molar-refractivity contribution in [1.82, 2.24) is 21.2 Å².